The number of nitro groups is 1. The molecule has 0 bridgehead atoms. The highest BCUT2D eigenvalue weighted by molar-refractivity contribution is 14.1. The van der Waals surface area contributed by atoms with Crippen molar-refractivity contribution in [3.05, 3.63) is 31.1 Å². The Morgan fingerprint density at radius 2 is 2.20 bits per heavy atom. The molecule has 0 aromatic carbocycles. The minimum atomic E-state index is -2.97. The van der Waals surface area contributed by atoms with Crippen LogP contribution in [-0.2, 0) is 0 Å². The third-order valence-electron chi connectivity index (χ3n) is 1.62. The van der Waals surface area contributed by atoms with Gasteiger partial charge in [0.2, 0.25) is 0 Å². The van der Waals surface area contributed by atoms with Crippen molar-refractivity contribution in [2.45, 2.75) is 6.43 Å². The summed E-state index contributed by atoms with van der Waals surface area (Å²) < 4.78 is 24.9. The second kappa shape index (κ2) is 4.55. The molecule has 80 valence electrons. The SMILES string of the molecule is O=Cc1c([N+](=O)[O-])cnc(I)c1C(F)F. The van der Waals surface area contributed by atoms with Crippen LogP contribution >= 0.6 is 22.6 Å². The van der Waals surface area contributed by atoms with Gasteiger partial charge in [-0.1, -0.05) is 0 Å². The lowest BCUT2D eigenvalue weighted by atomic mass is 10.1. The molecule has 0 N–H and O–H groups in total. The van der Waals surface area contributed by atoms with Crippen LogP contribution in [0.2, 0.25) is 0 Å². The van der Waals surface area contributed by atoms with Crippen LogP contribution in [0, 0.1) is 13.8 Å². The lowest BCUT2D eigenvalue weighted by Gasteiger charge is -2.05. The highest BCUT2D eigenvalue weighted by Crippen LogP contribution is 2.30. The Morgan fingerprint density at radius 1 is 1.60 bits per heavy atom. The van der Waals surface area contributed by atoms with E-state index in [1.165, 1.54) is 22.6 Å². The molecule has 15 heavy (non-hydrogen) atoms. The maximum atomic E-state index is 12.5. The smallest absolute Gasteiger partial charge is 0.298 e. The molecule has 0 aliphatic heterocycles. The number of nitrogens with zero attached hydrogens (tertiary/aromatic N) is 2. The first-order chi connectivity index (χ1) is 6.99. The van der Waals surface area contributed by atoms with E-state index in [0.717, 1.165) is 6.20 Å². The van der Waals surface area contributed by atoms with Gasteiger partial charge in [0.15, 0.2) is 6.29 Å². The number of alkyl halides is 2. The molecule has 5 nitrogen and oxygen atoms in total. The molecule has 0 atom stereocenters. The van der Waals surface area contributed by atoms with Crippen LogP contribution in [0.5, 0.6) is 0 Å². The summed E-state index contributed by atoms with van der Waals surface area (Å²) in [5.74, 6) is 0. The van der Waals surface area contributed by atoms with E-state index in [4.69, 9.17) is 0 Å². The van der Waals surface area contributed by atoms with Crippen molar-refractivity contribution in [1.29, 1.82) is 0 Å². The number of halogens is 3. The van der Waals surface area contributed by atoms with Crippen molar-refractivity contribution < 1.29 is 18.5 Å². The van der Waals surface area contributed by atoms with E-state index in [9.17, 15) is 23.7 Å². The summed E-state index contributed by atoms with van der Waals surface area (Å²) in [6.07, 6.45) is -2.13. The summed E-state index contributed by atoms with van der Waals surface area (Å²) in [7, 11) is 0. The summed E-state index contributed by atoms with van der Waals surface area (Å²) in [4.78, 5) is 23.5. The van der Waals surface area contributed by atoms with E-state index < -0.39 is 28.2 Å². The predicted octanol–water partition coefficient (Wildman–Crippen LogP) is 2.34. The van der Waals surface area contributed by atoms with E-state index in [1.54, 1.807) is 0 Å². The van der Waals surface area contributed by atoms with Gasteiger partial charge < -0.3 is 0 Å². The largest absolute Gasteiger partial charge is 0.298 e. The topological polar surface area (TPSA) is 73.1 Å². The fraction of sp³-hybridized carbons (Fsp3) is 0.143. The Labute approximate surface area is 95.8 Å². The fourth-order valence-electron chi connectivity index (χ4n) is 0.983. The van der Waals surface area contributed by atoms with Gasteiger partial charge in [0.05, 0.1) is 10.5 Å². The van der Waals surface area contributed by atoms with Crippen LogP contribution < -0.4 is 0 Å². The van der Waals surface area contributed by atoms with E-state index in [1.807, 2.05) is 0 Å². The number of hydrogen-bond acceptors (Lipinski definition) is 4. The predicted molar refractivity (Wildman–Crippen MR) is 54.0 cm³/mol. The highest BCUT2D eigenvalue weighted by Gasteiger charge is 2.26. The maximum absolute atomic E-state index is 12.5. The number of aldehydes is 1. The Morgan fingerprint density at radius 3 is 2.60 bits per heavy atom. The molecule has 0 amide bonds. The van der Waals surface area contributed by atoms with E-state index in [-0.39, 0.29) is 9.99 Å². The standard InChI is InChI=1S/C7H3F2IN2O3/c8-6(9)5-3(2-13)4(12(14)15)1-11-7(5)10/h1-2,6H. The quantitative estimate of drug-likeness (QED) is 0.281. The molecule has 0 fully saturated rings. The molecule has 1 aromatic rings. The third kappa shape index (κ3) is 2.25. The Hall–Kier alpha value is -1.19. The summed E-state index contributed by atoms with van der Waals surface area (Å²) >= 11 is 1.49. The third-order valence-corrected chi connectivity index (χ3v) is 2.48. The Bertz CT molecular complexity index is 425. The van der Waals surface area contributed by atoms with Gasteiger partial charge in [0, 0.05) is 0 Å². The average molecular weight is 328 g/mol. The second-order valence-electron chi connectivity index (χ2n) is 2.44. The van der Waals surface area contributed by atoms with Gasteiger partial charge >= 0.3 is 0 Å². The van der Waals surface area contributed by atoms with Crippen LogP contribution in [0.4, 0.5) is 14.5 Å². The van der Waals surface area contributed by atoms with Gasteiger partial charge in [-0.25, -0.2) is 13.8 Å². The van der Waals surface area contributed by atoms with Crippen molar-refractivity contribution in [2.75, 3.05) is 0 Å². The second-order valence-corrected chi connectivity index (χ2v) is 3.46. The molecule has 0 aliphatic carbocycles. The van der Waals surface area contributed by atoms with Gasteiger partial charge in [-0.05, 0) is 22.6 Å². The lowest BCUT2D eigenvalue weighted by Crippen LogP contribution is -2.04. The number of aromatic nitrogens is 1. The van der Waals surface area contributed by atoms with Crippen LogP contribution in [0.1, 0.15) is 22.3 Å². The monoisotopic (exact) mass is 328 g/mol. The lowest BCUT2D eigenvalue weighted by molar-refractivity contribution is -0.385. The summed E-state index contributed by atoms with van der Waals surface area (Å²) in [5.41, 5.74) is -2.02. The Balaban J connectivity index is 3.54. The molecule has 1 rings (SSSR count). The average Bonchev–Trinajstić information content (AvgIpc) is 2.15. The maximum Gasteiger partial charge on any atom is 0.298 e. The molecule has 1 heterocycles. The molecule has 0 spiro atoms. The first-order valence-electron chi connectivity index (χ1n) is 3.55. The summed E-state index contributed by atoms with van der Waals surface area (Å²) in [5, 5.41) is 10.4. The van der Waals surface area contributed by atoms with Gasteiger partial charge in [0.25, 0.3) is 12.1 Å². The molecule has 0 saturated heterocycles. The number of pyridine rings is 1. The minimum absolute atomic E-state index is 0.0451. The molecule has 1 aromatic heterocycles. The molecule has 0 radical (unpaired) electrons. The van der Waals surface area contributed by atoms with Crippen molar-refractivity contribution in [3.63, 3.8) is 0 Å². The first-order valence-corrected chi connectivity index (χ1v) is 4.63. The van der Waals surface area contributed by atoms with Gasteiger partial charge in [-0.3, -0.25) is 14.9 Å². The first kappa shape index (κ1) is 11.9. The molecular weight excluding hydrogens is 325 g/mol. The van der Waals surface area contributed by atoms with E-state index >= 15 is 0 Å². The number of rotatable bonds is 3. The fourth-order valence-corrected chi connectivity index (χ4v) is 1.65. The highest BCUT2D eigenvalue weighted by atomic mass is 127. The number of hydrogen-bond donors (Lipinski definition) is 0. The molecule has 0 unspecified atom stereocenters. The zero-order valence-corrected chi connectivity index (χ0v) is 9.14. The Kier molecular flexibility index (Phi) is 3.61. The molecule has 0 saturated carbocycles. The molecule has 8 heteroatoms. The van der Waals surface area contributed by atoms with Gasteiger partial charge in [0.1, 0.15) is 15.5 Å². The van der Waals surface area contributed by atoms with Crippen LogP contribution in [0.3, 0.4) is 0 Å². The number of carbonyl (C=O) groups is 1. The van der Waals surface area contributed by atoms with Gasteiger partial charge in [-0.15, -0.1) is 0 Å². The molecule has 0 aliphatic rings. The van der Waals surface area contributed by atoms with Crippen molar-refractivity contribution in [1.82, 2.24) is 4.98 Å². The summed E-state index contributed by atoms with van der Waals surface area (Å²) in [6, 6.07) is 0. The van der Waals surface area contributed by atoms with Gasteiger partial charge in [-0.2, -0.15) is 0 Å². The normalized spacial score (nSPS) is 10.4. The molecular formula is C7H3F2IN2O3. The minimum Gasteiger partial charge on any atom is -0.298 e. The zero-order chi connectivity index (χ0) is 11.6. The van der Waals surface area contributed by atoms with Crippen LogP contribution in [-0.4, -0.2) is 16.2 Å². The number of carbonyl (C=O) groups excluding carboxylic acids is 1. The van der Waals surface area contributed by atoms with Crippen LogP contribution in [0.25, 0.3) is 0 Å². The van der Waals surface area contributed by atoms with E-state index in [2.05, 4.69) is 4.98 Å². The van der Waals surface area contributed by atoms with E-state index in [0.29, 0.717) is 0 Å². The summed E-state index contributed by atoms with van der Waals surface area (Å²) in [6.45, 7) is 0. The van der Waals surface area contributed by atoms with Crippen LogP contribution in [0.15, 0.2) is 6.20 Å². The van der Waals surface area contributed by atoms with Crippen molar-refractivity contribution in [2.24, 2.45) is 0 Å². The van der Waals surface area contributed by atoms with Crippen molar-refractivity contribution in [3.8, 4) is 0 Å². The van der Waals surface area contributed by atoms with Crippen molar-refractivity contribution >= 4 is 34.6 Å². The zero-order valence-electron chi connectivity index (χ0n) is 6.99.